The van der Waals surface area contributed by atoms with E-state index in [1.807, 2.05) is 6.92 Å². The Morgan fingerprint density at radius 1 is 0.976 bits per heavy atom. The molecule has 10 nitrogen and oxygen atoms in total. The van der Waals surface area contributed by atoms with E-state index in [2.05, 4.69) is 20.6 Å². The molecule has 0 fully saturated rings. The number of para-hydroxylation sites is 1. The SMILES string of the molecule is COc1ccc(N)cc1Nc1nc(Nc2ccccc2P(C)(C)=O)c2c(F)cn(S(=O)(=O)c3ccc(C)cc3)c2n1. The molecule has 0 aliphatic rings. The largest absolute Gasteiger partial charge is 0.495 e. The van der Waals surface area contributed by atoms with Crippen molar-refractivity contribution in [2.75, 3.05) is 36.8 Å². The van der Waals surface area contributed by atoms with Crippen LogP contribution in [0.4, 0.5) is 33.2 Å². The third-order valence-corrected chi connectivity index (χ3v) is 9.57. The van der Waals surface area contributed by atoms with Crippen LogP contribution in [0.1, 0.15) is 5.56 Å². The highest BCUT2D eigenvalue weighted by Gasteiger charge is 2.27. The van der Waals surface area contributed by atoms with Crippen molar-refractivity contribution >= 4 is 62.3 Å². The Bertz CT molecular complexity index is 1940. The predicted molar refractivity (Wildman–Crippen MR) is 161 cm³/mol. The Morgan fingerprint density at radius 2 is 1.68 bits per heavy atom. The molecule has 0 bridgehead atoms. The second kappa shape index (κ2) is 10.5. The number of halogens is 1. The summed E-state index contributed by atoms with van der Waals surface area (Å²) in [5, 5.41) is 6.44. The smallest absolute Gasteiger partial charge is 0.269 e. The lowest BCUT2D eigenvalue weighted by atomic mass is 10.2. The Balaban J connectivity index is 1.75. The molecule has 0 saturated carbocycles. The highest BCUT2D eigenvalue weighted by atomic mass is 32.2. The molecule has 2 heterocycles. The van der Waals surface area contributed by atoms with Gasteiger partial charge in [0.2, 0.25) is 5.95 Å². The molecule has 5 rings (SSSR count). The second-order valence-electron chi connectivity index (χ2n) is 9.76. The van der Waals surface area contributed by atoms with Crippen molar-refractivity contribution in [1.82, 2.24) is 13.9 Å². The van der Waals surface area contributed by atoms with Gasteiger partial charge in [-0.25, -0.2) is 16.8 Å². The van der Waals surface area contributed by atoms with Gasteiger partial charge in [-0.05, 0) is 62.7 Å². The molecular weight excluding hydrogens is 566 g/mol. The monoisotopic (exact) mass is 594 g/mol. The first-order chi connectivity index (χ1) is 19.4. The first kappa shape index (κ1) is 28.1. The first-order valence-corrected chi connectivity index (χ1v) is 16.5. The number of ether oxygens (including phenoxy) is 1. The topological polar surface area (TPSA) is 141 Å². The molecule has 13 heteroatoms. The van der Waals surface area contributed by atoms with Crippen LogP contribution in [-0.2, 0) is 14.6 Å². The van der Waals surface area contributed by atoms with E-state index in [0.717, 1.165) is 15.7 Å². The lowest BCUT2D eigenvalue weighted by Crippen LogP contribution is -2.14. The van der Waals surface area contributed by atoms with Gasteiger partial charge < -0.3 is 25.7 Å². The molecule has 212 valence electrons. The van der Waals surface area contributed by atoms with Crippen LogP contribution in [0.15, 0.2) is 77.8 Å². The minimum atomic E-state index is -4.25. The van der Waals surface area contributed by atoms with Gasteiger partial charge in [-0.15, -0.1) is 0 Å². The van der Waals surface area contributed by atoms with Crippen LogP contribution < -0.4 is 26.4 Å². The summed E-state index contributed by atoms with van der Waals surface area (Å²) < 4.78 is 62.2. The number of nitrogen functional groups attached to an aromatic ring is 1. The summed E-state index contributed by atoms with van der Waals surface area (Å²) in [6.45, 7) is 5.07. The number of aromatic nitrogens is 3. The van der Waals surface area contributed by atoms with Crippen molar-refractivity contribution < 1.29 is 22.1 Å². The van der Waals surface area contributed by atoms with Crippen molar-refractivity contribution in [3.8, 4) is 5.75 Å². The highest BCUT2D eigenvalue weighted by Crippen LogP contribution is 2.39. The maximum atomic E-state index is 15.6. The Hall–Kier alpha value is -4.41. The summed E-state index contributed by atoms with van der Waals surface area (Å²) in [5.74, 6) is -0.526. The van der Waals surface area contributed by atoms with Crippen LogP contribution in [0.25, 0.3) is 11.0 Å². The van der Waals surface area contributed by atoms with Gasteiger partial charge in [0.25, 0.3) is 10.0 Å². The Morgan fingerprint density at radius 3 is 2.37 bits per heavy atom. The van der Waals surface area contributed by atoms with Gasteiger partial charge in [0.1, 0.15) is 18.7 Å². The molecule has 0 amide bonds. The summed E-state index contributed by atoms with van der Waals surface area (Å²) in [7, 11) is -5.53. The summed E-state index contributed by atoms with van der Waals surface area (Å²) in [6.07, 6.45) is 0.862. The number of nitrogens with zero attached hydrogens (tertiary/aromatic N) is 3. The fourth-order valence-electron chi connectivity index (χ4n) is 4.33. The number of anilines is 5. The normalized spacial score (nSPS) is 11.9. The number of aryl methyl sites for hydroxylation is 1. The fraction of sp³-hybridized carbons (Fsp3) is 0.143. The summed E-state index contributed by atoms with van der Waals surface area (Å²) >= 11 is 0. The zero-order valence-corrected chi connectivity index (χ0v) is 24.4. The molecule has 0 unspecified atom stereocenters. The van der Waals surface area contributed by atoms with Crippen molar-refractivity contribution in [3.05, 3.63) is 84.3 Å². The van der Waals surface area contributed by atoms with Crippen LogP contribution >= 0.6 is 7.14 Å². The summed E-state index contributed by atoms with van der Waals surface area (Å²) in [5.41, 5.74) is 7.90. The summed E-state index contributed by atoms with van der Waals surface area (Å²) in [6, 6.07) is 18.0. The highest BCUT2D eigenvalue weighted by molar-refractivity contribution is 7.90. The third kappa shape index (κ3) is 5.48. The van der Waals surface area contributed by atoms with Crippen molar-refractivity contribution in [2.24, 2.45) is 0 Å². The van der Waals surface area contributed by atoms with Gasteiger partial charge in [-0.1, -0.05) is 29.8 Å². The number of benzene rings is 3. The van der Waals surface area contributed by atoms with E-state index in [0.29, 0.717) is 28.1 Å². The minimum absolute atomic E-state index is 0.0309. The first-order valence-electron chi connectivity index (χ1n) is 12.4. The predicted octanol–water partition coefficient (Wildman–Crippen LogP) is 5.44. The van der Waals surface area contributed by atoms with Gasteiger partial charge in [0, 0.05) is 11.0 Å². The summed E-state index contributed by atoms with van der Waals surface area (Å²) in [4.78, 5) is 8.86. The van der Waals surface area contributed by atoms with Crippen LogP contribution in [0.3, 0.4) is 0 Å². The maximum Gasteiger partial charge on any atom is 0.269 e. The molecule has 0 saturated heterocycles. The van der Waals surface area contributed by atoms with E-state index in [1.54, 1.807) is 67.9 Å². The molecule has 0 atom stereocenters. The van der Waals surface area contributed by atoms with Crippen LogP contribution in [0, 0.1) is 12.7 Å². The third-order valence-electron chi connectivity index (χ3n) is 6.35. The average Bonchev–Trinajstić information content (AvgIpc) is 3.26. The number of rotatable bonds is 8. The van der Waals surface area contributed by atoms with Gasteiger partial charge in [0.15, 0.2) is 11.5 Å². The quantitative estimate of drug-likeness (QED) is 0.158. The number of hydrogen-bond donors (Lipinski definition) is 3. The van der Waals surface area contributed by atoms with Crippen LogP contribution in [0.5, 0.6) is 5.75 Å². The fourth-order valence-corrected chi connectivity index (χ4v) is 6.78. The van der Waals surface area contributed by atoms with Crippen molar-refractivity contribution in [3.63, 3.8) is 0 Å². The molecule has 0 spiro atoms. The number of fused-ring (bicyclic) bond motifs is 1. The molecule has 5 aromatic rings. The van der Waals surface area contributed by atoms with E-state index in [1.165, 1.54) is 19.2 Å². The van der Waals surface area contributed by atoms with E-state index in [4.69, 9.17) is 10.5 Å². The van der Waals surface area contributed by atoms with E-state index in [-0.39, 0.29) is 27.7 Å². The molecule has 0 radical (unpaired) electrons. The Kier molecular flexibility index (Phi) is 7.23. The van der Waals surface area contributed by atoms with Crippen LogP contribution in [-0.4, -0.2) is 42.8 Å². The number of hydrogen-bond acceptors (Lipinski definition) is 9. The zero-order chi connectivity index (χ0) is 29.5. The van der Waals surface area contributed by atoms with Crippen molar-refractivity contribution in [1.29, 1.82) is 0 Å². The van der Waals surface area contributed by atoms with E-state index >= 15 is 4.39 Å². The van der Waals surface area contributed by atoms with Gasteiger partial charge in [-0.2, -0.15) is 9.97 Å². The van der Waals surface area contributed by atoms with Crippen molar-refractivity contribution in [2.45, 2.75) is 11.8 Å². The lowest BCUT2D eigenvalue weighted by Gasteiger charge is -2.17. The van der Waals surface area contributed by atoms with Gasteiger partial charge in [-0.3, -0.25) is 0 Å². The minimum Gasteiger partial charge on any atom is -0.495 e. The Labute approximate surface area is 236 Å². The number of nitrogens with two attached hydrogens (primary N) is 1. The zero-order valence-electron chi connectivity index (χ0n) is 22.7. The van der Waals surface area contributed by atoms with Crippen LogP contribution in [0.2, 0.25) is 0 Å². The van der Waals surface area contributed by atoms with E-state index in [9.17, 15) is 13.0 Å². The maximum absolute atomic E-state index is 15.6. The van der Waals surface area contributed by atoms with Gasteiger partial charge in [0.05, 0.1) is 35.0 Å². The van der Waals surface area contributed by atoms with Gasteiger partial charge >= 0.3 is 0 Å². The molecule has 0 aliphatic carbocycles. The number of methoxy groups -OCH3 is 1. The molecular formula is C28H28FN6O4PS. The molecule has 3 aromatic carbocycles. The molecule has 0 aliphatic heterocycles. The molecule has 41 heavy (non-hydrogen) atoms. The average molecular weight is 595 g/mol. The molecule has 4 N–H and O–H groups in total. The second-order valence-corrected chi connectivity index (χ2v) is 14.8. The molecule has 2 aromatic heterocycles. The number of nitrogens with one attached hydrogen (secondary N) is 2. The van der Waals surface area contributed by atoms with E-state index < -0.39 is 23.0 Å². The standard InChI is InChI=1S/C28H28FN6O4PS/c1-17-9-12-19(13-10-17)41(37,38)35-16-20(29)25-26(31-21-7-5-6-8-24(21)40(3,4)36)33-28(34-27(25)35)32-22-15-18(30)11-14-23(22)39-2/h5-16H,30H2,1-4H3,(H2,31,32,33,34). The lowest BCUT2D eigenvalue weighted by molar-refractivity contribution is 0.417.